The molecule has 5 atom stereocenters. The van der Waals surface area contributed by atoms with Crippen LogP contribution in [0.3, 0.4) is 0 Å². The zero-order chi connectivity index (χ0) is 9.54. The molecule has 0 aromatic carbocycles. The second-order valence-electron chi connectivity index (χ2n) is 4.61. The highest BCUT2D eigenvalue weighted by atomic mass is 31.2. The molecule has 3 rings (SSSR count). The first-order valence-corrected chi connectivity index (χ1v) is 6.77. The summed E-state index contributed by atoms with van der Waals surface area (Å²) in [5, 5.41) is 0. The average Bonchev–Trinajstić information content (AvgIpc) is 2.55. The van der Waals surface area contributed by atoms with Gasteiger partial charge in [0, 0.05) is 25.6 Å². The molecule has 3 unspecified atom stereocenters. The Morgan fingerprint density at radius 1 is 1.36 bits per heavy atom. The first-order valence-electron chi connectivity index (χ1n) is 5.64. The number of fused-ring (bicyclic) bond motifs is 5. The summed E-state index contributed by atoms with van der Waals surface area (Å²) in [7, 11) is 1.08. The first kappa shape index (κ1) is 9.53. The molecular formula is C10H18NO2P. The molecule has 80 valence electrons. The van der Waals surface area contributed by atoms with Crippen molar-refractivity contribution in [3.05, 3.63) is 0 Å². The molecule has 3 nitrogen and oxygen atoms in total. The monoisotopic (exact) mass is 215 g/mol. The minimum atomic E-state index is -0.702. The van der Waals surface area contributed by atoms with Crippen LogP contribution in [0, 0.1) is 11.8 Å². The molecule has 0 aromatic heterocycles. The van der Waals surface area contributed by atoms with Crippen LogP contribution in [0.5, 0.6) is 0 Å². The second-order valence-corrected chi connectivity index (χ2v) is 6.23. The van der Waals surface area contributed by atoms with Crippen LogP contribution in [0.15, 0.2) is 0 Å². The highest BCUT2D eigenvalue weighted by Gasteiger charge is 2.49. The van der Waals surface area contributed by atoms with Crippen LogP contribution in [-0.4, -0.2) is 31.0 Å². The summed E-state index contributed by atoms with van der Waals surface area (Å²) >= 11 is 0. The zero-order valence-electron chi connectivity index (χ0n) is 8.69. The maximum Gasteiger partial charge on any atom is 0.258 e. The molecule has 0 radical (unpaired) electrons. The molecule has 14 heavy (non-hydrogen) atoms. The largest absolute Gasteiger partial charge is 0.325 e. The second kappa shape index (κ2) is 3.71. The highest BCUT2D eigenvalue weighted by molar-refractivity contribution is 7.44. The third kappa shape index (κ3) is 1.34. The lowest BCUT2D eigenvalue weighted by Gasteiger charge is -2.33. The Labute approximate surface area is 86.7 Å². The van der Waals surface area contributed by atoms with E-state index in [2.05, 4.69) is 4.67 Å². The van der Waals surface area contributed by atoms with Crippen molar-refractivity contribution in [1.82, 2.24) is 4.67 Å². The summed E-state index contributed by atoms with van der Waals surface area (Å²) in [6.07, 6.45) is 5.61. The van der Waals surface area contributed by atoms with Crippen LogP contribution in [0.1, 0.15) is 25.7 Å². The van der Waals surface area contributed by atoms with Gasteiger partial charge in [0.25, 0.3) is 8.53 Å². The normalized spacial score (nSPS) is 51.6. The minimum Gasteiger partial charge on any atom is -0.325 e. The molecule has 2 heterocycles. The molecule has 1 aliphatic carbocycles. The van der Waals surface area contributed by atoms with Gasteiger partial charge in [0.05, 0.1) is 6.61 Å². The van der Waals surface area contributed by atoms with E-state index in [0.29, 0.717) is 0 Å². The molecule has 3 fully saturated rings. The highest BCUT2D eigenvalue weighted by Crippen LogP contribution is 2.57. The molecule has 0 N–H and O–H groups in total. The summed E-state index contributed by atoms with van der Waals surface area (Å²) in [6, 6.07) is 0.780. The molecule has 3 aliphatic rings. The van der Waals surface area contributed by atoms with Gasteiger partial charge in [0.1, 0.15) is 0 Å². The van der Waals surface area contributed by atoms with E-state index < -0.39 is 8.53 Å². The predicted octanol–water partition coefficient (Wildman–Crippen LogP) is 2.38. The molecule has 0 spiro atoms. The Morgan fingerprint density at radius 2 is 2.21 bits per heavy atom. The minimum absolute atomic E-state index is 0.702. The molecule has 1 saturated carbocycles. The average molecular weight is 215 g/mol. The van der Waals surface area contributed by atoms with E-state index in [0.717, 1.165) is 24.5 Å². The van der Waals surface area contributed by atoms with Gasteiger partial charge < -0.3 is 9.05 Å². The van der Waals surface area contributed by atoms with E-state index in [1.54, 1.807) is 7.11 Å². The van der Waals surface area contributed by atoms with E-state index in [-0.39, 0.29) is 0 Å². The van der Waals surface area contributed by atoms with Crippen molar-refractivity contribution < 1.29 is 9.05 Å². The van der Waals surface area contributed by atoms with Gasteiger partial charge in [-0.3, -0.25) is 0 Å². The van der Waals surface area contributed by atoms with Crippen molar-refractivity contribution in [2.45, 2.75) is 31.7 Å². The van der Waals surface area contributed by atoms with Gasteiger partial charge in [0.2, 0.25) is 0 Å². The third-order valence-corrected chi connectivity index (χ3v) is 5.52. The lowest BCUT2D eigenvalue weighted by Crippen LogP contribution is -2.31. The van der Waals surface area contributed by atoms with E-state index >= 15 is 0 Å². The summed E-state index contributed by atoms with van der Waals surface area (Å²) in [5.41, 5.74) is 0. The Bertz CT molecular complexity index is 226. The standard InChI is InChI=1S/C10H18NO2P/c1-12-14-11-6-8(7-13-14)9-4-2-3-5-10(9)11/h8-10H,2-7H2,1H3/t8-,9-,10?,14?/m1/s1. The van der Waals surface area contributed by atoms with Crippen molar-refractivity contribution in [1.29, 1.82) is 0 Å². The van der Waals surface area contributed by atoms with Gasteiger partial charge in [-0.05, 0) is 18.8 Å². The van der Waals surface area contributed by atoms with Crippen LogP contribution in [0.4, 0.5) is 0 Å². The van der Waals surface area contributed by atoms with Crippen LogP contribution in [-0.2, 0) is 9.05 Å². The number of nitrogens with zero attached hydrogens (tertiary/aromatic N) is 1. The number of hydrogen-bond donors (Lipinski definition) is 0. The van der Waals surface area contributed by atoms with Crippen molar-refractivity contribution in [2.75, 3.05) is 20.3 Å². The molecule has 0 amide bonds. The molecular weight excluding hydrogens is 197 g/mol. The molecule has 2 aliphatic heterocycles. The topological polar surface area (TPSA) is 21.7 Å². The number of rotatable bonds is 1. The Kier molecular flexibility index (Phi) is 2.53. The van der Waals surface area contributed by atoms with Crippen molar-refractivity contribution >= 4 is 8.53 Å². The van der Waals surface area contributed by atoms with Gasteiger partial charge in [0.15, 0.2) is 0 Å². The summed E-state index contributed by atoms with van der Waals surface area (Å²) in [6.45, 7) is 2.17. The van der Waals surface area contributed by atoms with E-state index in [1.165, 1.54) is 32.2 Å². The van der Waals surface area contributed by atoms with Crippen LogP contribution in [0.25, 0.3) is 0 Å². The van der Waals surface area contributed by atoms with Gasteiger partial charge in [-0.1, -0.05) is 12.8 Å². The summed E-state index contributed by atoms with van der Waals surface area (Å²) in [4.78, 5) is 0. The Hall–Kier alpha value is 0.310. The van der Waals surface area contributed by atoms with Gasteiger partial charge in [-0.2, -0.15) is 0 Å². The van der Waals surface area contributed by atoms with E-state index in [9.17, 15) is 0 Å². The van der Waals surface area contributed by atoms with Crippen molar-refractivity contribution in [3.8, 4) is 0 Å². The fraction of sp³-hybridized carbons (Fsp3) is 1.00. The lowest BCUT2D eigenvalue weighted by atomic mass is 9.80. The quantitative estimate of drug-likeness (QED) is 0.627. The summed E-state index contributed by atoms with van der Waals surface area (Å²) < 4.78 is 13.7. The van der Waals surface area contributed by atoms with Gasteiger partial charge >= 0.3 is 0 Å². The molecule has 4 heteroatoms. The molecule has 2 bridgehead atoms. The SMILES string of the molecule is COP1OC[C@H]2CN1C1CCCC[C@@H]12. The predicted molar refractivity (Wildman–Crippen MR) is 55.8 cm³/mol. The van der Waals surface area contributed by atoms with E-state index in [4.69, 9.17) is 9.05 Å². The third-order valence-electron chi connectivity index (χ3n) is 3.96. The number of hydrogen-bond acceptors (Lipinski definition) is 3. The molecule has 2 saturated heterocycles. The zero-order valence-corrected chi connectivity index (χ0v) is 9.58. The maximum atomic E-state index is 5.77. The van der Waals surface area contributed by atoms with Crippen LogP contribution in [0.2, 0.25) is 0 Å². The molecule has 0 aromatic rings. The Balaban J connectivity index is 1.81. The van der Waals surface area contributed by atoms with Crippen molar-refractivity contribution in [2.24, 2.45) is 11.8 Å². The fourth-order valence-electron chi connectivity index (χ4n) is 3.33. The van der Waals surface area contributed by atoms with Crippen molar-refractivity contribution in [3.63, 3.8) is 0 Å². The fourth-order valence-corrected chi connectivity index (χ4v) is 4.98. The van der Waals surface area contributed by atoms with Gasteiger partial charge in [-0.15, -0.1) is 0 Å². The Morgan fingerprint density at radius 3 is 3.07 bits per heavy atom. The maximum absolute atomic E-state index is 5.77. The smallest absolute Gasteiger partial charge is 0.258 e. The van der Waals surface area contributed by atoms with E-state index in [1.807, 2.05) is 0 Å². The van der Waals surface area contributed by atoms with Crippen LogP contribution < -0.4 is 0 Å². The van der Waals surface area contributed by atoms with Gasteiger partial charge in [-0.25, -0.2) is 4.67 Å². The lowest BCUT2D eigenvalue weighted by molar-refractivity contribution is 0.171. The first-order chi connectivity index (χ1) is 6.90. The summed E-state index contributed by atoms with van der Waals surface area (Å²) in [5.74, 6) is 1.71. The van der Waals surface area contributed by atoms with Crippen LogP contribution >= 0.6 is 8.53 Å².